The maximum atomic E-state index is 4.50. The van der Waals surface area contributed by atoms with Gasteiger partial charge in [-0.1, -0.05) is 13.0 Å². The average Bonchev–Trinajstić information content (AvgIpc) is 3.07. The number of nitrogens with zero attached hydrogens (tertiary/aromatic N) is 4. The first-order valence-corrected chi connectivity index (χ1v) is 6.94. The summed E-state index contributed by atoms with van der Waals surface area (Å²) in [6.07, 6.45) is 8.79. The molecule has 104 valence electrons. The molecule has 0 bridgehead atoms. The molecule has 3 rings (SSSR count). The summed E-state index contributed by atoms with van der Waals surface area (Å²) in [6.45, 7) is 3.11. The minimum absolute atomic E-state index is 0.0647. The lowest BCUT2D eigenvalue weighted by Crippen LogP contribution is -2.25. The zero-order chi connectivity index (χ0) is 13.9. The first-order chi connectivity index (χ1) is 9.81. The Hall–Kier alpha value is -2.14. The van der Waals surface area contributed by atoms with Gasteiger partial charge in [0, 0.05) is 31.2 Å². The highest BCUT2D eigenvalue weighted by Gasteiger charge is 2.21. The van der Waals surface area contributed by atoms with Gasteiger partial charge in [0.25, 0.3) is 0 Å². The van der Waals surface area contributed by atoms with E-state index < -0.39 is 0 Å². The Labute approximate surface area is 118 Å². The van der Waals surface area contributed by atoms with Crippen molar-refractivity contribution < 1.29 is 0 Å². The zero-order valence-electron chi connectivity index (χ0n) is 11.8. The molecule has 0 aliphatic heterocycles. The van der Waals surface area contributed by atoms with Crippen LogP contribution in [-0.4, -0.2) is 25.7 Å². The summed E-state index contributed by atoms with van der Waals surface area (Å²) in [5.74, 6) is 1.01. The van der Waals surface area contributed by atoms with Crippen molar-refractivity contribution in [3.63, 3.8) is 0 Å². The summed E-state index contributed by atoms with van der Waals surface area (Å²) in [5, 5.41) is 8.00. The van der Waals surface area contributed by atoms with Crippen LogP contribution in [0.4, 0.5) is 0 Å². The highest BCUT2D eigenvalue weighted by atomic mass is 15.2. The van der Waals surface area contributed by atoms with Crippen LogP contribution in [0.5, 0.6) is 0 Å². The first kappa shape index (κ1) is 12.9. The van der Waals surface area contributed by atoms with Crippen molar-refractivity contribution in [3.8, 4) is 0 Å². The molecule has 1 atom stereocenters. The van der Waals surface area contributed by atoms with Crippen LogP contribution in [-0.2, 0) is 7.05 Å². The van der Waals surface area contributed by atoms with Crippen molar-refractivity contribution >= 4 is 5.52 Å². The van der Waals surface area contributed by atoms with E-state index in [1.54, 1.807) is 0 Å². The number of aromatic nitrogens is 4. The minimum atomic E-state index is 0.0647. The highest BCUT2D eigenvalue weighted by molar-refractivity contribution is 5.56. The summed E-state index contributed by atoms with van der Waals surface area (Å²) in [5.41, 5.74) is 2.28. The van der Waals surface area contributed by atoms with Gasteiger partial charge in [0.2, 0.25) is 0 Å². The Morgan fingerprint density at radius 2 is 2.20 bits per heavy atom. The zero-order valence-corrected chi connectivity index (χ0v) is 11.8. The van der Waals surface area contributed by atoms with Gasteiger partial charge in [0.15, 0.2) is 0 Å². The molecule has 1 N–H and O–H groups in total. The molecule has 0 radical (unpaired) electrons. The van der Waals surface area contributed by atoms with Gasteiger partial charge >= 0.3 is 0 Å². The molecular weight excluding hydrogens is 250 g/mol. The molecular formula is C15H19N5. The lowest BCUT2D eigenvalue weighted by atomic mass is 10.1. The molecule has 5 heteroatoms. The van der Waals surface area contributed by atoms with Gasteiger partial charge in [-0.15, -0.1) is 0 Å². The van der Waals surface area contributed by atoms with Crippen molar-refractivity contribution in [2.24, 2.45) is 7.05 Å². The third-order valence-corrected chi connectivity index (χ3v) is 3.48. The number of hydrogen-bond acceptors (Lipinski definition) is 3. The van der Waals surface area contributed by atoms with Gasteiger partial charge in [-0.3, -0.25) is 0 Å². The largest absolute Gasteiger partial charge is 0.336 e. The number of imidazole rings is 1. The predicted molar refractivity (Wildman–Crippen MR) is 78.5 cm³/mol. The van der Waals surface area contributed by atoms with E-state index in [2.05, 4.69) is 33.0 Å². The maximum Gasteiger partial charge on any atom is 0.130 e. The monoisotopic (exact) mass is 269 g/mol. The second-order valence-electron chi connectivity index (χ2n) is 4.91. The fourth-order valence-electron chi connectivity index (χ4n) is 2.46. The number of hydrogen-bond donors (Lipinski definition) is 1. The molecule has 3 heterocycles. The molecule has 5 nitrogen and oxygen atoms in total. The Bertz CT molecular complexity index is 697. The standard InChI is InChI=1S/C15H19N5/c1-3-7-16-14(15-17-8-10-19(15)2)12-11-18-20-9-5-4-6-13(12)20/h4-6,8-11,14,16H,3,7H2,1-2H3. The topological polar surface area (TPSA) is 47.1 Å². The van der Waals surface area contributed by atoms with Crippen LogP contribution in [0.2, 0.25) is 0 Å². The summed E-state index contributed by atoms with van der Waals surface area (Å²) < 4.78 is 3.96. The van der Waals surface area contributed by atoms with E-state index in [1.165, 1.54) is 0 Å². The SMILES string of the molecule is CCCNC(c1cnn2ccccc12)c1nccn1C. The van der Waals surface area contributed by atoms with E-state index in [0.717, 1.165) is 29.9 Å². The van der Waals surface area contributed by atoms with Crippen LogP contribution in [0.1, 0.15) is 30.8 Å². The van der Waals surface area contributed by atoms with E-state index in [-0.39, 0.29) is 6.04 Å². The normalized spacial score (nSPS) is 12.9. The smallest absolute Gasteiger partial charge is 0.130 e. The number of nitrogens with one attached hydrogen (secondary N) is 1. The molecule has 0 saturated carbocycles. The average molecular weight is 269 g/mol. The van der Waals surface area contributed by atoms with Crippen LogP contribution >= 0.6 is 0 Å². The number of aryl methyl sites for hydroxylation is 1. The van der Waals surface area contributed by atoms with E-state index >= 15 is 0 Å². The second-order valence-corrected chi connectivity index (χ2v) is 4.91. The fraction of sp³-hybridized carbons (Fsp3) is 0.333. The highest BCUT2D eigenvalue weighted by Crippen LogP contribution is 2.24. The molecule has 0 spiro atoms. The third kappa shape index (κ3) is 2.20. The van der Waals surface area contributed by atoms with Gasteiger partial charge in [-0.05, 0) is 25.1 Å². The molecule has 3 aromatic rings. The summed E-state index contributed by atoms with van der Waals surface area (Å²) in [7, 11) is 2.02. The first-order valence-electron chi connectivity index (χ1n) is 6.94. The lowest BCUT2D eigenvalue weighted by Gasteiger charge is -2.17. The van der Waals surface area contributed by atoms with Gasteiger partial charge < -0.3 is 9.88 Å². The van der Waals surface area contributed by atoms with Crippen LogP contribution < -0.4 is 5.32 Å². The summed E-state index contributed by atoms with van der Waals surface area (Å²) in [6, 6.07) is 6.18. The Morgan fingerprint density at radius 1 is 1.30 bits per heavy atom. The lowest BCUT2D eigenvalue weighted by molar-refractivity contribution is 0.558. The Kier molecular flexibility index (Phi) is 3.52. The molecule has 20 heavy (non-hydrogen) atoms. The van der Waals surface area contributed by atoms with Gasteiger partial charge in [0.1, 0.15) is 5.82 Å². The van der Waals surface area contributed by atoms with E-state index in [9.17, 15) is 0 Å². The minimum Gasteiger partial charge on any atom is -0.336 e. The third-order valence-electron chi connectivity index (χ3n) is 3.48. The van der Waals surface area contributed by atoms with Crippen LogP contribution in [0.3, 0.4) is 0 Å². The quantitative estimate of drug-likeness (QED) is 0.772. The molecule has 0 fully saturated rings. The van der Waals surface area contributed by atoms with Gasteiger partial charge in [-0.25, -0.2) is 9.50 Å². The maximum absolute atomic E-state index is 4.50. The van der Waals surface area contributed by atoms with E-state index in [1.807, 2.05) is 48.5 Å². The van der Waals surface area contributed by atoms with Crippen LogP contribution in [0.25, 0.3) is 5.52 Å². The van der Waals surface area contributed by atoms with E-state index in [4.69, 9.17) is 0 Å². The number of pyridine rings is 1. The van der Waals surface area contributed by atoms with Crippen LogP contribution in [0, 0.1) is 0 Å². The predicted octanol–water partition coefficient (Wildman–Crippen LogP) is 2.16. The molecule has 0 aliphatic carbocycles. The molecule has 3 aromatic heterocycles. The molecule has 0 aromatic carbocycles. The van der Waals surface area contributed by atoms with Crippen molar-refractivity contribution in [2.45, 2.75) is 19.4 Å². The summed E-state index contributed by atoms with van der Waals surface area (Å²) >= 11 is 0. The Morgan fingerprint density at radius 3 is 2.95 bits per heavy atom. The number of fused-ring (bicyclic) bond motifs is 1. The number of rotatable bonds is 5. The van der Waals surface area contributed by atoms with Gasteiger partial charge in [0.05, 0.1) is 17.8 Å². The van der Waals surface area contributed by atoms with Crippen molar-refractivity contribution in [3.05, 3.63) is 54.4 Å². The van der Waals surface area contributed by atoms with Crippen LogP contribution in [0.15, 0.2) is 43.0 Å². The Balaban J connectivity index is 2.07. The van der Waals surface area contributed by atoms with E-state index in [0.29, 0.717) is 0 Å². The molecule has 1 unspecified atom stereocenters. The molecule has 0 aliphatic rings. The van der Waals surface area contributed by atoms with Crippen molar-refractivity contribution in [1.82, 2.24) is 24.5 Å². The van der Waals surface area contributed by atoms with Gasteiger partial charge in [-0.2, -0.15) is 5.10 Å². The second kappa shape index (κ2) is 5.46. The summed E-state index contributed by atoms with van der Waals surface area (Å²) in [4.78, 5) is 4.50. The molecule has 0 saturated heterocycles. The fourth-order valence-corrected chi connectivity index (χ4v) is 2.46. The van der Waals surface area contributed by atoms with Crippen molar-refractivity contribution in [1.29, 1.82) is 0 Å². The van der Waals surface area contributed by atoms with Crippen molar-refractivity contribution in [2.75, 3.05) is 6.54 Å². The molecule has 0 amide bonds.